The summed E-state index contributed by atoms with van der Waals surface area (Å²) in [6.07, 6.45) is 3.69. The van der Waals surface area contributed by atoms with Gasteiger partial charge in [0.1, 0.15) is 4.88 Å². The average Bonchev–Trinajstić information content (AvgIpc) is 3.02. The molecule has 7 heteroatoms. The number of likely N-dealkylation sites (tertiary alicyclic amines) is 1. The molecule has 1 aromatic rings. The fourth-order valence-corrected chi connectivity index (χ4v) is 4.65. The van der Waals surface area contributed by atoms with E-state index in [0.29, 0.717) is 32.8 Å². The zero-order valence-electron chi connectivity index (χ0n) is 15.1. The molecule has 2 aliphatic heterocycles. The third-order valence-corrected chi connectivity index (χ3v) is 6.08. The van der Waals surface area contributed by atoms with E-state index in [0.717, 1.165) is 47.8 Å². The third-order valence-electron chi connectivity index (χ3n) is 4.88. The SMILES string of the molecule is CCCc1nc(C)c(C(=O)N2CCCC(C(=O)N3CCOCC3)C2)s1. The Morgan fingerprint density at radius 2 is 2.00 bits per heavy atom. The molecule has 1 aromatic heterocycles. The van der Waals surface area contributed by atoms with E-state index >= 15 is 0 Å². The van der Waals surface area contributed by atoms with Crippen molar-refractivity contribution in [1.29, 1.82) is 0 Å². The van der Waals surface area contributed by atoms with E-state index in [1.807, 2.05) is 16.7 Å². The van der Waals surface area contributed by atoms with E-state index < -0.39 is 0 Å². The Kier molecular flexibility index (Phi) is 6.06. The van der Waals surface area contributed by atoms with Gasteiger partial charge < -0.3 is 14.5 Å². The number of carbonyl (C=O) groups is 2. The van der Waals surface area contributed by atoms with Gasteiger partial charge in [0.15, 0.2) is 0 Å². The van der Waals surface area contributed by atoms with Crippen LogP contribution in [0.3, 0.4) is 0 Å². The lowest BCUT2D eigenvalue weighted by molar-refractivity contribution is -0.141. The van der Waals surface area contributed by atoms with Gasteiger partial charge in [-0.25, -0.2) is 4.98 Å². The Balaban J connectivity index is 1.66. The summed E-state index contributed by atoms with van der Waals surface area (Å²) < 4.78 is 5.33. The highest BCUT2D eigenvalue weighted by atomic mass is 32.1. The Morgan fingerprint density at radius 1 is 1.24 bits per heavy atom. The Labute approximate surface area is 153 Å². The van der Waals surface area contributed by atoms with Gasteiger partial charge in [-0.1, -0.05) is 6.92 Å². The molecule has 0 saturated carbocycles. The molecule has 138 valence electrons. The highest BCUT2D eigenvalue weighted by Gasteiger charge is 2.33. The molecule has 0 bridgehead atoms. The predicted octanol–water partition coefficient (Wildman–Crippen LogP) is 2.12. The summed E-state index contributed by atoms with van der Waals surface area (Å²) >= 11 is 1.51. The van der Waals surface area contributed by atoms with Crippen LogP contribution in [0.1, 0.15) is 46.6 Å². The van der Waals surface area contributed by atoms with Gasteiger partial charge in [0, 0.05) is 26.2 Å². The van der Waals surface area contributed by atoms with Crippen molar-refractivity contribution >= 4 is 23.2 Å². The summed E-state index contributed by atoms with van der Waals surface area (Å²) in [5.74, 6) is 0.129. The van der Waals surface area contributed by atoms with Crippen molar-refractivity contribution in [3.8, 4) is 0 Å². The number of aryl methyl sites for hydroxylation is 2. The van der Waals surface area contributed by atoms with Gasteiger partial charge in [-0.15, -0.1) is 11.3 Å². The maximum Gasteiger partial charge on any atom is 0.265 e. The maximum absolute atomic E-state index is 12.9. The molecule has 3 rings (SSSR count). The summed E-state index contributed by atoms with van der Waals surface area (Å²) in [6.45, 7) is 7.83. The van der Waals surface area contributed by atoms with Gasteiger partial charge in [0.2, 0.25) is 5.91 Å². The number of morpholine rings is 1. The van der Waals surface area contributed by atoms with Crippen LogP contribution in [-0.2, 0) is 16.0 Å². The molecule has 0 radical (unpaired) electrons. The van der Waals surface area contributed by atoms with Crippen LogP contribution in [0.25, 0.3) is 0 Å². The minimum absolute atomic E-state index is 0.0387. The van der Waals surface area contributed by atoms with E-state index in [4.69, 9.17) is 4.74 Å². The number of piperidine rings is 1. The monoisotopic (exact) mass is 365 g/mol. The van der Waals surface area contributed by atoms with E-state index in [2.05, 4.69) is 11.9 Å². The normalized spacial score (nSPS) is 21.4. The number of nitrogens with zero attached hydrogens (tertiary/aromatic N) is 3. The van der Waals surface area contributed by atoms with Crippen molar-refractivity contribution in [2.75, 3.05) is 39.4 Å². The summed E-state index contributed by atoms with van der Waals surface area (Å²) in [7, 11) is 0. The Morgan fingerprint density at radius 3 is 2.72 bits per heavy atom. The average molecular weight is 365 g/mol. The Hall–Kier alpha value is -1.47. The zero-order valence-corrected chi connectivity index (χ0v) is 15.9. The summed E-state index contributed by atoms with van der Waals surface area (Å²) in [5.41, 5.74) is 0.820. The van der Waals surface area contributed by atoms with Crippen LogP contribution in [0.15, 0.2) is 0 Å². The number of carbonyl (C=O) groups excluding carboxylic acids is 2. The fraction of sp³-hybridized carbons (Fsp3) is 0.722. The summed E-state index contributed by atoms with van der Waals surface area (Å²) in [6, 6.07) is 0. The van der Waals surface area contributed by atoms with Crippen molar-refractivity contribution in [3.05, 3.63) is 15.6 Å². The van der Waals surface area contributed by atoms with Crippen molar-refractivity contribution < 1.29 is 14.3 Å². The second kappa shape index (κ2) is 8.27. The maximum atomic E-state index is 12.9. The topological polar surface area (TPSA) is 62.7 Å². The second-order valence-electron chi connectivity index (χ2n) is 6.80. The lowest BCUT2D eigenvalue weighted by atomic mass is 9.96. The molecular formula is C18H27N3O3S. The zero-order chi connectivity index (χ0) is 17.8. The molecule has 2 amide bonds. The van der Waals surface area contributed by atoms with Crippen LogP contribution in [0.5, 0.6) is 0 Å². The number of ether oxygens (including phenoxy) is 1. The molecule has 3 heterocycles. The summed E-state index contributed by atoms with van der Waals surface area (Å²) in [5, 5.41) is 1.03. The first-order valence-electron chi connectivity index (χ1n) is 9.22. The van der Waals surface area contributed by atoms with Crippen molar-refractivity contribution in [2.24, 2.45) is 5.92 Å². The molecule has 2 saturated heterocycles. The number of hydrogen-bond donors (Lipinski definition) is 0. The second-order valence-corrected chi connectivity index (χ2v) is 7.88. The predicted molar refractivity (Wildman–Crippen MR) is 96.9 cm³/mol. The first kappa shape index (κ1) is 18.3. The van der Waals surface area contributed by atoms with Gasteiger partial charge >= 0.3 is 0 Å². The summed E-state index contributed by atoms with van der Waals surface area (Å²) in [4.78, 5) is 34.7. The molecule has 0 spiro atoms. The van der Waals surface area contributed by atoms with Gasteiger partial charge in [0.05, 0.1) is 29.8 Å². The van der Waals surface area contributed by atoms with Crippen LogP contribution in [-0.4, -0.2) is 66.0 Å². The van der Waals surface area contributed by atoms with Crippen LogP contribution >= 0.6 is 11.3 Å². The first-order chi connectivity index (χ1) is 12.1. The standard InChI is InChI=1S/C18H27N3O3S/c1-3-5-15-19-13(2)16(25-15)18(23)21-7-4-6-14(12-21)17(22)20-8-10-24-11-9-20/h14H,3-12H2,1-2H3. The van der Waals surface area contributed by atoms with Crippen molar-refractivity contribution in [2.45, 2.75) is 39.5 Å². The van der Waals surface area contributed by atoms with Gasteiger partial charge in [-0.2, -0.15) is 0 Å². The number of thiazole rings is 1. The molecule has 2 aliphatic rings. The third kappa shape index (κ3) is 4.20. The molecular weight excluding hydrogens is 338 g/mol. The molecule has 2 fully saturated rings. The molecule has 25 heavy (non-hydrogen) atoms. The van der Waals surface area contributed by atoms with E-state index in [-0.39, 0.29) is 17.7 Å². The van der Waals surface area contributed by atoms with Crippen LogP contribution in [0, 0.1) is 12.8 Å². The lowest BCUT2D eigenvalue weighted by Crippen LogP contribution is -2.49. The molecule has 1 atom stereocenters. The van der Waals surface area contributed by atoms with Crippen molar-refractivity contribution in [1.82, 2.24) is 14.8 Å². The highest BCUT2D eigenvalue weighted by molar-refractivity contribution is 7.13. The number of hydrogen-bond acceptors (Lipinski definition) is 5. The van der Waals surface area contributed by atoms with Crippen molar-refractivity contribution in [3.63, 3.8) is 0 Å². The minimum Gasteiger partial charge on any atom is -0.378 e. The largest absolute Gasteiger partial charge is 0.378 e. The minimum atomic E-state index is -0.0841. The number of aromatic nitrogens is 1. The molecule has 0 aliphatic carbocycles. The first-order valence-corrected chi connectivity index (χ1v) is 10.0. The molecule has 6 nitrogen and oxygen atoms in total. The van der Waals surface area contributed by atoms with Crippen LogP contribution < -0.4 is 0 Å². The van der Waals surface area contributed by atoms with E-state index in [1.165, 1.54) is 11.3 Å². The van der Waals surface area contributed by atoms with E-state index in [9.17, 15) is 9.59 Å². The fourth-order valence-electron chi connectivity index (χ4n) is 3.52. The highest BCUT2D eigenvalue weighted by Crippen LogP contribution is 2.25. The molecule has 0 aromatic carbocycles. The van der Waals surface area contributed by atoms with Gasteiger partial charge in [0.25, 0.3) is 5.91 Å². The van der Waals surface area contributed by atoms with Gasteiger partial charge in [-0.3, -0.25) is 9.59 Å². The van der Waals surface area contributed by atoms with Crippen LogP contribution in [0.2, 0.25) is 0 Å². The molecule has 0 N–H and O–H groups in total. The smallest absolute Gasteiger partial charge is 0.265 e. The number of amides is 2. The number of rotatable bonds is 4. The quantitative estimate of drug-likeness (QED) is 0.820. The van der Waals surface area contributed by atoms with Gasteiger partial charge in [-0.05, 0) is 32.6 Å². The lowest BCUT2D eigenvalue weighted by Gasteiger charge is -2.36. The van der Waals surface area contributed by atoms with Crippen LogP contribution in [0.4, 0.5) is 0 Å². The molecule has 1 unspecified atom stereocenters. The van der Waals surface area contributed by atoms with E-state index in [1.54, 1.807) is 0 Å². The Bertz CT molecular complexity index is 625.